The molecule has 1 rings (SSSR count). The largest absolute Gasteiger partial charge is 0.394 e. The van der Waals surface area contributed by atoms with E-state index in [0.717, 1.165) is 0 Å². The fraction of sp³-hybridized carbons (Fsp3) is 0.462. The van der Waals surface area contributed by atoms with E-state index in [1.165, 1.54) is 18.2 Å². The number of rotatable bonds is 6. The zero-order chi connectivity index (χ0) is 13.6. The summed E-state index contributed by atoms with van der Waals surface area (Å²) in [6.45, 7) is 4.14. The van der Waals surface area contributed by atoms with Gasteiger partial charge >= 0.3 is 0 Å². The molecule has 0 aliphatic rings. The second-order valence-electron chi connectivity index (χ2n) is 4.78. The molecule has 100 valence electrons. The second kappa shape index (κ2) is 6.47. The van der Waals surface area contributed by atoms with Crippen molar-refractivity contribution in [2.24, 2.45) is 0 Å². The monoisotopic (exact) mass is 254 g/mol. The number of hydrogen-bond donors (Lipinski definition) is 3. The summed E-state index contributed by atoms with van der Waals surface area (Å²) in [6.07, 6.45) is 0.264. The molecule has 0 heterocycles. The summed E-state index contributed by atoms with van der Waals surface area (Å²) in [7, 11) is 0. The number of carbonyl (C=O) groups excluding carboxylic acids is 1. The van der Waals surface area contributed by atoms with Crippen molar-refractivity contribution in [1.29, 1.82) is 0 Å². The van der Waals surface area contributed by atoms with Gasteiger partial charge in [0.05, 0.1) is 6.61 Å². The number of benzene rings is 1. The van der Waals surface area contributed by atoms with Crippen molar-refractivity contribution >= 4 is 11.6 Å². The quantitative estimate of drug-likeness (QED) is 0.721. The maximum absolute atomic E-state index is 12.9. The van der Waals surface area contributed by atoms with Crippen LogP contribution in [0.15, 0.2) is 24.3 Å². The predicted molar refractivity (Wildman–Crippen MR) is 68.8 cm³/mol. The summed E-state index contributed by atoms with van der Waals surface area (Å²) in [6, 6.07) is 5.76. The lowest BCUT2D eigenvalue weighted by atomic mass is 10.1. The molecule has 0 aromatic heterocycles. The van der Waals surface area contributed by atoms with Crippen LogP contribution < -0.4 is 10.6 Å². The molecule has 1 amide bonds. The van der Waals surface area contributed by atoms with Gasteiger partial charge in [-0.05, 0) is 32.0 Å². The van der Waals surface area contributed by atoms with Gasteiger partial charge in [-0.1, -0.05) is 6.07 Å². The molecule has 0 aliphatic heterocycles. The first-order chi connectivity index (χ1) is 8.43. The summed E-state index contributed by atoms with van der Waals surface area (Å²) in [4.78, 5) is 11.6. The Kier molecular flexibility index (Phi) is 5.25. The minimum atomic E-state index is -0.404. The van der Waals surface area contributed by atoms with Crippen LogP contribution in [-0.2, 0) is 4.79 Å². The Morgan fingerprint density at radius 2 is 2.17 bits per heavy atom. The van der Waals surface area contributed by atoms with Crippen LogP contribution in [0, 0.1) is 5.82 Å². The van der Waals surface area contributed by atoms with Gasteiger partial charge < -0.3 is 15.7 Å². The molecule has 18 heavy (non-hydrogen) atoms. The minimum Gasteiger partial charge on any atom is -0.394 e. The molecule has 3 N–H and O–H groups in total. The lowest BCUT2D eigenvalue weighted by Crippen LogP contribution is -2.43. The first-order valence-corrected chi connectivity index (χ1v) is 5.84. The number of carbonyl (C=O) groups is 1. The molecule has 5 heteroatoms. The smallest absolute Gasteiger partial charge is 0.225 e. The van der Waals surface area contributed by atoms with Crippen LogP contribution in [0.4, 0.5) is 10.1 Å². The van der Waals surface area contributed by atoms with E-state index in [9.17, 15) is 9.18 Å². The van der Waals surface area contributed by atoms with Gasteiger partial charge in [0.2, 0.25) is 5.91 Å². The highest BCUT2D eigenvalue weighted by Gasteiger charge is 2.15. The SMILES string of the molecule is CC(C)(CO)NCCC(=O)Nc1cccc(F)c1. The van der Waals surface area contributed by atoms with Crippen molar-refractivity contribution in [3.63, 3.8) is 0 Å². The van der Waals surface area contributed by atoms with E-state index < -0.39 is 5.54 Å². The Morgan fingerprint density at radius 3 is 2.78 bits per heavy atom. The number of aliphatic hydroxyl groups is 1. The maximum Gasteiger partial charge on any atom is 0.225 e. The Labute approximate surface area is 106 Å². The van der Waals surface area contributed by atoms with Gasteiger partial charge in [0.1, 0.15) is 5.82 Å². The van der Waals surface area contributed by atoms with Crippen molar-refractivity contribution in [3.8, 4) is 0 Å². The van der Waals surface area contributed by atoms with E-state index in [-0.39, 0.29) is 24.8 Å². The van der Waals surface area contributed by atoms with E-state index >= 15 is 0 Å². The number of halogens is 1. The fourth-order valence-electron chi connectivity index (χ4n) is 1.36. The van der Waals surface area contributed by atoms with E-state index in [1.807, 2.05) is 13.8 Å². The van der Waals surface area contributed by atoms with Gasteiger partial charge in [0, 0.05) is 24.2 Å². The van der Waals surface area contributed by atoms with Gasteiger partial charge in [-0.25, -0.2) is 4.39 Å². The first kappa shape index (κ1) is 14.6. The van der Waals surface area contributed by atoms with Gasteiger partial charge in [-0.15, -0.1) is 0 Å². The van der Waals surface area contributed by atoms with Gasteiger partial charge in [0.25, 0.3) is 0 Å². The zero-order valence-corrected chi connectivity index (χ0v) is 10.7. The lowest BCUT2D eigenvalue weighted by Gasteiger charge is -2.23. The molecule has 0 bridgehead atoms. The third-order valence-corrected chi connectivity index (χ3v) is 2.46. The first-order valence-electron chi connectivity index (χ1n) is 5.84. The summed E-state index contributed by atoms with van der Waals surface area (Å²) in [5.41, 5.74) is 0.0421. The lowest BCUT2D eigenvalue weighted by molar-refractivity contribution is -0.116. The average molecular weight is 254 g/mol. The Balaban J connectivity index is 2.34. The molecule has 0 atom stereocenters. The maximum atomic E-state index is 12.9. The normalized spacial score (nSPS) is 11.3. The number of hydrogen-bond acceptors (Lipinski definition) is 3. The molecule has 0 fully saturated rings. The van der Waals surface area contributed by atoms with Crippen LogP contribution >= 0.6 is 0 Å². The van der Waals surface area contributed by atoms with Crippen molar-refractivity contribution in [2.45, 2.75) is 25.8 Å². The second-order valence-corrected chi connectivity index (χ2v) is 4.78. The Bertz CT molecular complexity index is 408. The molecule has 0 saturated heterocycles. The predicted octanol–water partition coefficient (Wildman–Crippen LogP) is 1.51. The standard InChI is InChI=1S/C13H19FN2O2/c1-13(2,9-17)15-7-6-12(18)16-11-5-3-4-10(14)8-11/h3-5,8,15,17H,6-7,9H2,1-2H3,(H,16,18). The number of anilines is 1. The molecule has 0 unspecified atom stereocenters. The van der Waals surface area contributed by atoms with E-state index in [4.69, 9.17) is 5.11 Å². The zero-order valence-electron chi connectivity index (χ0n) is 10.7. The van der Waals surface area contributed by atoms with Crippen molar-refractivity contribution < 1.29 is 14.3 Å². The van der Waals surface area contributed by atoms with E-state index in [0.29, 0.717) is 12.2 Å². The molecule has 0 aliphatic carbocycles. The summed E-state index contributed by atoms with van der Waals surface area (Å²) >= 11 is 0. The highest BCUT2D eigenvalue weighted by molar-refractivity contribution is 5.90. The average Bonchev–Trinajstić information content (AvgIpc) is 2.28. The third-order valence-electron chi connectivity index (χ3n) is 2.46. The summed E-state index contributed by atoms with van der Waals surface area (Å²) in [5, 5.41) is 14.7. The van der Waals surface area contributed by atoms with Crippen LogP contribution in [0.5, 0.6) is 0 Å². The van der Waals surface area contributed by atoms with Crippen LogP contribution in [0.1, 0.15) is 20.3 Å². The molecule has 0 radical (unpaired) electrons. The molecule has 4 nitrogen and oxygen atoms in total. The van der Waals surface area contributed by atoms with Crippen molar-refractivity contribution in [3.05, 3.63) is 30.1 Å². The van der Waals surface area contributed by atoms with Crippen LogP contribution in [0.25, 0.3) is 0 Å². The van der Waals surface area contributed by atoms with E-state index in [1.54, 1.807) is 6.07 Å². The Morgan fingerprint density at radius 1 is 1.44 bits per heavy atom. The number of nitrogens with one attached hydrogen (secondary N) is 2. The van der Waals surface area contributed by atoms with Gasteiger partial charge in [-0.3, -0.25) is 4.79 Å². The van der Waals surface area contributed by atoms with Crippen LogP contribution in [0.3, 0.4) is 0 Å². The highest BCUT2D eigenvalue weighted by Crippen LogP contribution is 2.09. The van der Waals surface area contributed by atoms with Gasteiger partial charge in [0.15, 0.2) is 0 Å². The molecule has 0 spiro atoms. The number of aliphatic hydroxyl groups excluding tert-OH is 1. The molecule has 1 aromatic rings. The third kappa shape index (κ3) is 5.25. The Hall–Kier alpha value is -1.46. The highest BCUT2D eigenvalue weighted by atomic mass is 19.1. The molecule has 1 aromatic carbocycles. The van der Waals surface area contributed by atoms with Crippen LogP contribution in [-0.4, -0.2) is 29.7 Å². The molecular weight excluding hydrogens is 235 g/mol. The van der Waals surface area contributed by atoms with Gasteiger partial charge in [-0.2, -0.15) is 0 Å². The summed E-state index contributed by atoms with van der Waals surface area (Å²) < 4.78 is 12.9. The topological polar surface area (TPSA) is 61.4 Å². The molecular formula is C13H19FN2O2. The molecule has 0 saturated carbocycles. The van der Waals surface area contributed by atoms with Crippen molar-refractivity contribution in [1.82, 2.24) is 5.32 Å². The van der Waals surface area contributed by atoms with Crippen molar-refractivity contribution in [2.75, 3.05) is 18.5 Å². The fourth-order valence-corrected chi connectivity index (χ4v) is 1.36. The summed E-state index contributed by atoms with van der Waals surface area (Å²) in [5.74, 6) is -0.575. The number of amides is 1. The van der Waals surface area contributed by atoms with E-state index in [2.05, 4.69) is 10.6 Å². The minimum absolute atomic E-state index is 0.00147. The van der Waals surface area contributed by atoms with Crippen LogP contribution in [0.2, 0.25) is 0 Å².